The molecule has 0 saturated heterocycles. The summed E-state index contributed by atoms with van der Waals surface area (Å²) in [6.45, 7) is 0.627. The maximum atomic E-state index is 5.74. The van der Waals surface area contributed by atoms with Crippen molar-refractivity contribution >= 4 is 11.5 Å². The predicted octanol–water partition coefficient (Wildman–Crippen LogP) is 1.01. The van der Waals surface area contributed by atoms with E-state index in [2.05, 4.69) is 15.4 Å². The van der Waals surface area contributed by atoms with Crippen LogP contribution in [0.5, 0.6) is 0 Å². The molecule has 0 radical (unpaired) electrons. The van der Waals surface area contributed by atoms with Crippen LogP contribution in [0.3, 0.4) is 0 Å². The summed E-state index contributed by atoms with van der Waals surface area (Å²) in [4.78, 5) is 4.19. The minimum absolute atomic E-state index is 0.627. The molecule has 2 heterocycles. The number of nitrogen functional groups attached to an aromatic ring is 1. The zero-order valence-corrected chi connectivity index (χ0v) is 8.51. The lowest BCUT2D eigenvalue weighted by molar-refractivity contribution is 0.768. The highest BCUT2D eigenvalue weighted by Gasteiger charge is 2.02. The third-order valence-corrected chi connectivity index (χ3v) is 2.02. The Morgan fingerprint density at radius 2 is 2.33 bits per heavy atom. The van der Waals surface area contributed by atoms with E-state index in [-0.39, 0.29) is 0 Å². The van der Waals surface area contributed by atoms with Gasteiger partial charge in [-0.15, -0.1) is 0 Å². The molecule has 3 N–H and O–H groups in total. The molecule has 0 bridgehead atoms. The molecule has 78 valence electrons. The first-order valence-electron chi connectivity index (χ1n) is 4.68. The Morgan fingerprint density at radius 3 is 2.93 bits per heavy atom. The van der Waals surface area contributed by atoms with Gasteiger partial charge in [0.2, 0.25) is 0 Å². The van der Waals surface area contributed by atoms with E-state index in [1.165, 1.54) is 0 Å². The van der Waals surface area contributed by atoms with E-state index in [4.69, 9.17) is 5.73 Å². The lowest BCUT2D eigenvalue weighted by atomic mass is 10.3. The molecule has 15 heavy (non-hydrogen) atoms. The summed E-state index contributed by atoms with van der Waals surface area (Å²) >= 11 is 0. The smallest absolute Gasteiger partial charge is 0.171 e. The van der Waals surface area contributed by atoms with Crippen molar-refractivity contribution in [2.45, 2.75) is 6.54 Å². The van der Waals surface area contributed by atoms with Crippen LogP contribution >= 0.6 is 0 Å². The number of pyridine rings is 1. The van der Waals surface area contributed by atoms with Crippen molar-refractivity contribution in [3.8, 4) is 0 Å². The maximum Gasteiger partial charge on any atom is 0.171 e. The van der Waals surface area contributed by atoms with Crippen LogP contribution in [0.25, 0.3) is 0 Å². The van der Waals surface area contributed by atoms with E-state index in [0.29, 0.717) is 18.1 Å². The molecular weight excluding hydrogens is 190 g/mol. The molecule has 2 rings (SSSR count). The van der Waals surface area contributed by atoms with Gasteiger partial charge in [-0.2, -0.15) is 5.10 Å². The number of anilines is 2. The van der Waals surface area contributed by atoms with E-state index in [0.717, 1.165) is 5.69 Å². The van der Waals surface area contributed by atoms with E-state index in [9.17, 15) is 0 Å². The molecule has 0 fully saturated rings. The van der Waals surface area contributed by atoms with Crippen LogP contribution in [0, 0.1) is 0 Å². The molecule has 0 amide bonds. The Kier molecular flexibility index (Phi) is 2.53. The van der Waals surface area contributed by atoms with Crippen molar-refractivity contribution < 1.29 is 0 Å². The first-order chi connectivity index (χ1) is 7.25. The summed E-state index contributed by atoms with van der Waals surface area (Å²) in [6, 6.07) is 5.79. The van der Waals surface area contributed by atoms with E-state index in [1.54, 1.807) is 17.1 Å². The van der Waals surface area contributed by atoms with Crippen molar-refractivity contribution in [2.24, 2.45) is 7.05 Å². The van der Waals surface area contributed by atoms with E-state index >= 15 is 0 Å². The summed E-state index contributed by atoms with van der Waals surface area (Å²) in [7, 11) is 1.84. The second kappa shape index (κ2) is 4.00. The molecule has 2 aromatic heterocycles. The van der Waals surface area contributed by atoms with Gasteiger partial charge >= 0.3 is 0 Å². The average molecular weight is 203 g/mol. The molecule has 0 aromatic carbocycles. The predicted molar refractivity (Wildman–Crippen MR) is 59.2 cm³/mol. The summed E-state index contributed by atoms with van der Waals surface area (Å²) in [5.74, 6) is 0.697. The van der Waals surface area contributed by atoms with Gasteiger partial charge in [-0.05, 0) is 12.1 Å². The van der Waals surface area contributed by atoms with Crippen LogP contribution in [0.2, 0.25) is 0 Å². The van der Waals surface area contributed by atoms with Gasteiger partial charge in [0.25, 0.3) is 0 Å². The van der Waals surface area contributed by atoms with Crippen LogP contribution in [0.1, 0.15) is 5.69 Å². The van der Waals surface area contributed by atoms with Gasteiger partial charge < -0.3 is 11.1 Å². The molecule has 0 aliphatic heterocycles. The third kappa shape index (κ3) is 2.25. The number of aryl methyl sites for hydroxylation is 1. The summed E-state index contributed by atoms with van der Waals surface area (Å²) in [6.07, 6.45) is 3.53. The van der Waals surface area contributed by atoms with Crippen LogP contribution in [-0.4, -0.2) is 14.8 Å². The first-order valence-corrected chi connectivity index (χ1v) is 4.68. The van der Waals surface area contributed by atoms with Gasteiger partial charge in [-0.25, -0.2) is 0 Å². The summed E-state index contributed by atoms with van der Waals surface area (Å²) < 4.78 is 1.68. The molecule has 2 aromatic rings. The molecule has 5 nitrogen and oxygen atoms in total. The number of nitrogens with one attached hydrogen (secondary N) is 1. The molecule has 0 unspecified atom stereocenters. The standard InChI is InChI=1S/C10H13N5/c1-15-7-9(11)10(14-15)13-6-8-4-2-3-5-12-8/h2-5,7H,6,11H2,1H3,(H,13,14). The molecule has 0 saturated carbocycles. The van der Waals surface area contributed by atoms with Gasteiger partial charge in [-0.1, -0.05) is 6.07 Å². The third-order valence-electron chi connectivity index (χ3n) is 2.02. The summed E-state index contributed by atoms with van der Waals surface area (Å²) in [5.41, 5.74) is 7.35. The lowest BCUT2D eigenvalue weighted by Gasteiger charge is -2.02. The SMILES string of the molecule is Cn1cc(N)c(NCc2ccccn2)n1. The molecule has 5 heteroatoms. The lowest BCUT2D eigenvalue weighted by Crippen LogP contribution is -2.03. The number of nitrogens with zero attached hydrogens (tertiary/aromatic N) is 3. The maximum absolute atomic E-state index is 5.74. The Morgan fingerprint density at radius 1 is 1.47 bits per heavy atom. The van der Waals surface area contributed by atoms with Gasteiger partial charge in [0.15, 0.2) is 5.82 Å². The Balaban J connectivity index is 2.02. The quantitative estimate of drug-likeness (QED) is 0.781. The highest BCUT2D eigenvalue weighted by Crippen LogP contribution is 2.14. The molecule has 0 aliphatic carbocycles. The van der Waals surface area contributed by atoms with Crippen molar-refractivity contribution in [1.29, 1.82) is 0 Å². The van der Waals surface area contributed by atoms with Crippen LogP contribution in [-0.2, 0) is 13.6 Å². The molecule has 0 atom stereocenters. The van der Waals surface area contributed by atoms with E-state index < -0.39 is 0 Å². The fourth-order valence-electron chi connectivity index (χ4n) is 1.32. The van der Waals surface area contributed by atoms with Crippen molar-refractivity contribution in [3.63, 3.8) is 0 Å². The molecule has 0 spiro atoms. The minimum Gasteiger partial charge on any atom is -0.394 e. The van der Waals surface area contributed by atoms with Gasteiger partial charge in [0, 0.05) is 19.4 Å². The molecular formula is C10H13N5. The highest BCUT2D eigenvalue weighted by atomic mass is 15.3. The second-order valence-corrected chi connectivity index (χ2v) is 3.28. The minimum atomic E-state index is 0.627. The number of aromatic nitrogens is 3. The first kappa shape index (κ1) is 9.51. The number of hydrogen-bond acceptors (Lipinski definition) is 4. The number of hydrogen-bond donors (Lipinski definition) is 2. The van der Waals surface area contributed by atoms with Gasteiger partial charge in [0.05, 0.1) is 17.9 Å². The topological polar surface area (TPSA) is 68.8 Å². The Bertz CT molecular complexity index is 434. The zero-order valence-electron chi connectivity index (χ0n) is 8.51. The fraction of sp³-hybridized carbons (Fsp3) is 0.200. The zero-order chi connectivity index (χ0) is 10.7. The van der Waals surface area contributed by atoms with Crippen molar-refractivity contribution in [1.82, 2.24) is 14.8 Å². The number of rotatable bonds is 3. The Labute approximate surface area is 87.9 Å². The monoisotopic (exact) mass is 203 g/mol. The van der Waals surface area contributed by atoms with Crippen molar-refractivity contribution in [2.75, 3.05) is 11.1 Å². The highest BCUT2D eigenvalue weighted by molar-refractivity contribution is 5.59. The van der Waals surface area contributed by atoms with Gasteiger partial charge in [0.1, 0.15) is 0 Å². The van der Waals surface area contributed by atoms with Crippen molar-refractivity contribution in [3.05, 3.63) is 36.3 Å². The largest absolute Gasteiger partial charge is 0.394 e. The normalized spacial score (nSPS) is 10.2. The fourth-order valence-corrected chi connectivity index (χ4v) is 1.32. The van der Waals surface area contributed by atoms with E-state index in [1.807, 2.05) is 25.2 Å². The molecule has 0 aliphatic rings. The summed E-state index contributed by atoms with van der Waals surface area (Å²) in [5, 5.41) is 7.31. The number of nitrogens with two attached hydrogens (primary N) is 1. The second-order valence-electron chi connectivity index (χ2n) is 3.28. The van der Waals surface area contributed by atoms with Crippen LogP contribution in [0.4, 0.5) is 11.5 Å². The Hall–Kier alpha value is -2.04. The average Bonchev–Trinajstić information content (AvgIpc) is 2.56. The van der Waals surface area contributed by atoms with Crippen LogP contribution in [0.15, 0.2) is 30.6 Å². The van der Waals surface area contributed by atoms with Gasteiger partial charge in [-0.3, -0.25) is 9.67 Å². The van der Waals surface area contributed by atoms with Crippen LogP contribution < -0.4 is 11.1 Å².